The summed E-state index contributed by atoms with van der Waals surface area (Å²) in [7, 11) is -3.24. The first kappa shape index (κ1) is 19.1. The van der Waals surface area contributed by atoms with Crippen LogP contribution in [-0.2, 0) is 29.5 Å². The van der Waals surface area contributed by atoms with Gasteiger partial charge in [-0.15, -0.1) is 0 Å². The maximum Gasteiger partial charge on any atom is 0.150 e. The van der Waals surface area contributed by atoms with Crippen molar-refractivity contribution in [3.63, 3.8) is 0 Å². The molecule has 3 rings (SSSR count). The molecule has 0 saturated carbocycles. The van der Waals surface area contributed by atoms with Crippen LogP contribution < -0.4 is 0 Å². The van der Waals surface area contributed by atoms with Crippen LogP contribution in [0.15, 0.2) is 30.3 Å². The SMILES string of the molecule is CC(C)c1ccc(CN2CCn3nc([C@H](O)CS(C)(=O)=O)cc3C2)cc1. The Bertz CT molecular complexity index is 857. The summed E-state index contributed by atoms with van der Waals surface area (Å²) in [6.45, 7) is 7.61. The Morgan fingerprint density at radius 1 is 1.19 bits per heavy atom. The number of benzene rings is 1. The van der Waals surface area contributed by atoms with Gasteiger partial charge in [-0.2, -0.15) is 5.10 Å². The highest BCUT2D eigenvalue weighted by Gasteiger charge is 2.23. The van der Waals surface area contributed by atoms with Gasteiger partial charge in [0.1, 0.15) is 15.9 Å². The summed E-state index contributed by atoms with van der Waals surface area (Å²) < 4.78 is 24.6. The normalized spacial score (nSPS) is 16.7. The van der Waals surface area contributed by atoms with Crippen LogP contribution in [0, 0.1) is 0 Å². The Labute approximate surface area is 155 Å². The van der Waals surface area contributed by atoms with Gasteiger partial charge in [0.25, 0.3) is 0 Å². The highest BCUT2D eigenvalue weighted by Crippen LogP contribution is 2.21. The number of hydrogen-bond acceptors (Lipinski definition) is 5. The third-order valence-corrected chi connectivity index (χ3v) is 5.67. The fourth-order valence-corrected chi connectivity index (χ4v) is 4.02. The topological polar surface area (TPSA) is 75.4 Å². The number of rotatable bonds is 6. The molecule has 0 radical (unpaired) electrons. The zero-order valence-corrected chi connectivity index (χ0v) is 16.4. The third-order valence-electron chi connectivity index (χ3n) is 4.75. The van der Waals surface area contributed by atoms with E-state index < -0.39 is 15.9 Å². The molecule has 0 aliphatic carbocycles. The van der Waals surface area contributed by atoms with Gasteiger partial charge >= 0.3 is 0 Å². The van der Waals surface area contributed by atoms with Crippen molar-refractivity contribution in [2.24, 2.45) is 0 Å². The minimum atomic E-state index is -3.24. The van der Waals surface area contributed by atoms with E-state index in [-0.39, 0.29) is 5.75 Å². The minimum absolute atomic E-state index is 0.296. The van der Waals surface area contributed by atoms with Crippen LogP contribution in [0.25, 0.3) is 0 Å². The van der Waals surface area contributed by atoms with Crippen molar-refractivity contribution in [2.75, 3.05) is 18.6 Å². The number of aliphatic hydroxyl groups is 1. The Morgan fingerprint density at radius 2 is 1.88 bits per heavy atom. The van der Waals surface area contributed by atoms with Gasteiger partial charge in [-0.05, 0) is 23.1 Å². The van der Waals surface area contributed by atoms with E-state index in [1.807, 2.05) is 10.7 Å². The predicted molar refractivity (Wildman–Crippen MR) is 102 cm³/mol. The Morgan fingerprint density at radius 3 is 2.50 bits per heavy atom. The lowest BCUT2D eigenvalue weighted by atomic mass is 10.0. The maximum atomic E-state index is 11.4. The maximum absolute atomic E-state index is 11.4. The van der Waals surface area contributed by atoms with Crippen LogP contribution in [0.3, 0.4) is 0 Å². The average Bonchev–Trinajstić information content (AvgIpc) is 2.97. The lowest BCUT2D eigenvalue weighted by Crippen LogP contribution is -2.33. The lowest BCUT2D eigenvalue weighted by Gasteiger charge is -2.27. The van der Waals surface area contributed by atoms with Gasteiger partial charge in [-0.1, -0.05) is 38.1 Å². The van der Waals surface area contributed by atoms with Crippen LogP contribution in [0.4, 0.5) is 0 Å². The molecule has 2 aromatic rings. The van der Waals surface area contributed by atoms with Crippen molar-refractivity contribution >= 4 is 9.84 Å². The molecule has 0 unspecified atom stereocenters. The van der Waals surface area contributed by atoms with Crippen molar-refractivity contribution in [2.45, 2.75) is 45.5 Å². The second kappa shape index (κ2) is 7.50. The predicted octanol–water partition coefficient (Wildman–Crippen LogP) is 2.10. The van der Waals surface area contributed by atoms with Crippen LogP contribution in [-0.4, -0.2) is 46.8 Å². The van der Waals surface area contributed by atoms with Gasteiger partial charge < -0.3 is 5.11 Å². The van der Waals surface area contributed by atoms with E-state index in [2.05, 4.69) is 48.1 Å². The number of nitrogens with zero attached hydrogens (tertiary/aromatic N) is 3. The highest BCUT2D eigenvalue weighted by atomic mass is 32.2. The van der Waals surface area contributed by atoms with Gasteiger partial charge in [0.2, 0.25) is 0 Å². The lowest BCUT2D eigenvalue weighted by molar-refractivity contribution is 0.191. The Hall–Kier alpha value is -1.70. The van der Waals surface area contributed by atoms with Crippen LogP contribution in [0.2, 0.25) is 0 Å². The van der Waals surface area contributed by atoms with E-state index >= 15 is 0 Å². The van der Waals surface area contributed by atoms with Crippen molar-refractivity contribution in [1.82, 2.24) is 14.7 Å². The van der Waals surface area contributed by atoms with Gasteiger partial charge in [-0.3, -0.25) is 9.58 Å². The molecule has 1 aromatic carbocycles. The molecule has 6 nitrogen and oxygen atoms in total. The zero-order valence-electron chi connectivity index (χ0n) is 15.6. The van der Waals surface area contributed by atoms with Crippen LogP contribution in [0.5, 0.6) is 0 Å². The monoisotopic (exact) mass is 377 g/mol. The van der Waals surface area contributed by atoms with Crippen LogP contribution in [0.1, 0.15) is 48.4 Å². The number of aliphatic hydroxyl groups excluding tert-OH is 1. The molecule has 1 N–H and O–H groups in total. The van der Waals surface area contributed by atoms with E-state index in [4.69, 9.17) is 0 Å². The Kier molecular flexibility index (Phi) is 5.50. The largest absolute Gasteiger partial charge is 0.386 e. The number of sulfone groups is 1. The third kappa shape index (κ3) is 4.72. The smallest absolute Gasteiger partial charge is 0.150 e. The molecule has 0 saturated heterocycles. The molecule has 26 heavy (non-hydrogen) atoms. The number of hydrogen-bond donors (Lipinski definition) is 1. The van der Waals surface area contributed by atoms with E-state index in [0.717, 1.165) is 38.1 Å². The first-order valence-electron chi connectivity index (χ1n) is 8.95. The summed E-state index contributed by atoms with van der Waals surface area (Å²) >= 11 is 0. The van der Waals surface area contributed by atoms with Crippen molar-refractivity contribution < 1.29 is 13.5 Å². The zero-order chi connectivity index (χ0) is 18.9. The van der Waals surface area contributed by atoms with Gasteiger partial charge in [-0.25, -0.2) is 8.42 Å². The molecule has 1 aromatic heterocycles. The molecule has 1 aliphatic heterocycles. The van der Waals surface area contributed by atoms with E-state index in [0.29, 0.717) is 11.6 Å². The van der Waals surface area contributed by atoms with Gasteiger partial charge in [0.05, 0.1) is 23.7 Å². The highest BCUT2D eigenvalue weighted by molar-refractivity contribution is 7.90. The first-order chi connectivity index (χ1) is 12.2. The van der Waals surface area contributed by atoms with Gasteiger partial charge in [0.15, 0.2) is 0 Å². The molecule has 0 amide bonds. The second-order valence-electron chi connectivity index (χ2n) is 7.50. The van der Waals surface area contributed by atoms with Crippen LogP contribution >= 0.6 is 0 Å². The quantitative estimate of drug-likeness (QED) is 0.834. The molecule has 0 bridgehead atoms. The molecule has 2 heterocycles. The molecule has 0 fully saturated rings. The summed E-state index contributed by atoms with van der Waals surface area (Å²) in [6, 6.07) is 10.6. The molecular weight excluding hydrogens is 350 g/mol. The molecule has 1 aliphatic rings. The van der Waals surface area contributed by atoms with Crippen molar-refractivity contribution in [1.29, 1.82) is 0 Å². The second-order valence-corrected chi connectivity index (χ2v) is 9.68. The average molecular weight is 378 g/mol. The molecule has 1 atom stereocenters. The summed E-state index contributed by atoms with van der Waals surface area (Å²) in [5.41, 5.74) is 4.07. The van der Waals surface area contributed by atoms with Crippen molar-refractivity contribution in [3.05, 3.63) is 52.8 Å². The molecule has 0 spiro atoms. The molecular formula is C19H27N3O3S. The standard InChI is InChI=1S/C19H27N3O3S/c1-14(2)16-6-4-15(5-7-16)11-21-8-9-22-17(12-21)10-18(20-22)19(23)13-26(3,24)25/h4-7,10,14,19,23H,8-9,11-13H2,1-3H3/t19-/m1/s1. The van der Waals surface area contributed by atoms with E-state index in [9.17, 15) is 13.5 Å². The first-order valence-corrected chi connectivity index (χ1v) is 11.0. The fraction of sp³-hybridized carbons (Fsp3) is 0.526. The molecule has 7 heteroatoms. The number of fused-ring (bicyclic) bond motifs is 1. The number of aromatic nitrogens is 2. The molecule has 142 valence electrons. The Balaban J connectivity index is 1.66. The summed E-state index contributed by atoms with van der Waals surface area (Å²) in [6.07, 6.45) is 0.0542. The minimum Gasteiger partial charge on any atom is -0.386 e. The van der Waals surface area contributed by atoms with Crippen molar-refractivity contribution in [3.8, 4) is 0 Å². The van der Waals surface area contributed by atoms with E-state index in [1.165, 1.54) is 11.1 Å². The van der Waals surface area contributed by atoms with E-state index in [1.54, 1.807) is 0 Å². The fourth-order valence-electron chi connectivity index (χ4n) is 3.28. The summed E-state index contributed by atoms with van der Waals surface area (Å²) in [4.78, 5) is 2.34. The summed E-state index contributed by atoms with van der Waals surface area (Å²) in [5, 5.41) is 14.5. The van der Waals surface area contributed by atoms with Gasteiger partial charge in [0, 0.05) is 25.9 Å². The summed E-state index contributed by atoms with van der Waals surface area (Å²) in [5.74, 6) is 0.236.